The number of nitrogen functional groups attached to an aromatic ring is 1. The second-order valence-electron chi connectivity index (χ2n) is 4.83. The van der Waals surface area contributed by atoms with Crippen LogP contribution in [0.2, 0.25) is 0 Å². The number of aliphatic hydroxyl groups excluding tert-OH is 1. The molecule has 6 heteroatoms. The number of nitrogens with zero attached hydrogens (tertiary/aromatic N) is 1. The van der Waals surface area contributed by atoms with Crippen molar-refractivity contribution in [1.82, 2.24) is 10.3 Å². The van der Waals surface area contributed by atoms with Crippen molar-refractivity contribution in [2.45, 2.75) is 38.1 Å². The van der Waals surface area contributed by atoms with E-state index in [0.29, 0.717) is 11.0 Å². The van der Waals surface area contributed by atoms with Crippen LogP contribution in [0.15, 0.2) is 5.38 Å². The van der Waals surface area contributed by atoms with Crippen LogP contribution in [0.3, 0.4) is 0 Å². The number of amides is 1. The number of hydrogen-bond donors (Lipinski definition) is 3. The van der Waals surface area contributed by atoms with E-state index in [2.05, 4.69) is 10.3 Å². The summed E-state index contributed by atoms with van der Waals surface area (Å²) < 4.78 is 0. The minimum absolute atomic E-state index is 0.0103. The van der Waals surface area contributed by atoms with Gasteiger partial charge in [0.15, 0.2) is 5.13 Å². The maximum absolute atomic E-state index is 11.8. The maximum Gasteiger partial charge on any atom is 0.226 e. The molecule has 5 nitrogen and oxygen atoms in total. The summed E-state index contributed by atoms with van der Waals surface area (Å²) in [5.74, 6) is 0.322. The number of thiazole rings is 1. The van der Waals surface area contributed by atoms with Gasteiger partial charge in [0, 0.05) is 18.0 Å². The zero-order valence-corrected chi connectivity index (χ0v) is 11.1. The largest absolute Gasteiger partial charge is 0.396 e. The average Bonchev–Trinajstić information content (AvgIpc) is 2.74. The van der Waals surface area contributed by atoms with E-state index in [1.165, 1.54) is 11.3 Å². The third-order valence-electron chi connectivity index (χ3n) is 3.32. The molecule has 1 fully saturated rings. The normalized spacial score (nSPS) is 23.8. The van der Waals surface area contributed by atoms with Gasteiger partial charge in [-0.2, -0.15) is 0 Å². The van der Waals surface area contributed by atoms with Crippen LogP contribution in [-0.2, 0) is 11.2 Å². The van der Waals surface area contributed by atoms with Crippen molar-refractivity contribution in [2.75, 3.05) is 12.3 Å². The molecule has 0 radical (unpaired) electrons. The van der Waals surface area contributed by atoms with Gasteiger partial charge in [-0.1, -0.05) is 6.42 Å². The molecule has 0 aliphatic heterocycles. The van der Waals surface area contributed by atoms with Crippen molar-refractivity contribution in [3.05, 3.63) is 11.1 Å². The van der Waals surface area contributed by atoms with Crippen molar-refractivity contribution in [3.63, 3.8) is 0 Å². The quantitative estimate of drug-likeness (QED) is 0.759. The Kier molecular flexibility index (Phi) is 4.54. The highest BCUT2D eigenvalue weighted by Crippen LogP contribution is 2.23. The topological polar surface area (TPSA) is 88.2 Å². The molecule has 100 valence electrons. The number of nitrogens with two attached hydrogens (primary N) is 1. The van der Waals surface area contributed by atoms with Gasteiger partial charge in [0.05, 0.1) is 12.1 Å². The zero-order chi connectivity index (χ0) is 13.0. The first-order valence-electron chi connectivity index (χ1n) is 6.27. The lowest BCUT2D eigenvalue weighted by Gasteiger charge is -2.28. The Morgan fingerprint density at radius 1 is 1.61 bits per heavy atom. The molecule has 2 atom stereocenters. The van der Waals surface area contributed by atoms with Gasteiger partial charge in [-0.05, 0) is 25.2 Å². The summed E-state index contributed by atoms with van der Waals surface area (Å²) in [5, 5.41) is 14.5. The predicted octanol–water partition coefficient (Wildman–Crippen LogP) is 0.935. The van der Waals surface area contributed by atoms with Crippen LogP contribution in [0.5, 0.6) is 0 Å². The molecule has 0 saturated heterocycles. The second-order valence-corrected chi connectivity index (χ2v) is 5.72. The number of aromatic nitrogens is 1. The first kappa shape index (κ1) is 13.3. The van der Waals surface area contributed by atoms with E-state index in [-0.39, 0.29) is 25.0 Å². The summed E-state index contributed by atoms with van der Waals surface area (Å²) in [6, 6.07) is 0.194. The fraction of sp³-hybridized carbons (Fsp3) is 0.667. The Morgan fingerprint density at radius 2 is 2.44 bits per heavy atom. The van der Waals surface area contributed by atoms with Crippen molar-refractivity contribution in [3.8, 4) is 0 Å². The van der Waals surface area contributed by atoms with E-state index in [9.17, 15) is 4.79 Å². The van der Waals surface area contributed by atoms with E-state index < -0.39 is 0 Å². The fourth-order valence-electron chi connectivity index (χ4n) is 2.43. The SMILES string of the molecule is Nc1nc(CC(=O)NC2CCCC(CO)C2)cs1. The molecule has 2 unspecified atom stereocenters. The molecule has 0 spiro atoms. The number of aliphatic hydroxyl groups is 1. The van der Waals surface area contributed by atoms with Crippen molar-refractivity contribution >= 4 is 22.4 Å². The predicted molar refractivity (Wildman–Crippen MR) is 71.2 cm³/mol. The summed E-state index contributed by atoms with van der Waals surface area (Å²) in [4.78, 5) is 15.9. The summed E-state index contributed by atoms with van der Waals surface area (Å²) >= 11 is 1.35. The molecule has 1 aliphatic carbocycles. The van der Waals surface area contributed by atoms with Gasteiger partial charge in [-0.15, -0.1) is 11.3 Å². The second kappa shape index (κ2) is 6.15. The lowest BCUT2D eigenvalue weighted by atomic mass is 9.86. The third kappa shape index (κ3) is 3.68. The van der Waals surface area contributed by atoms with Crippen LogP contribution < -0.4 is 11.1 Å². The third-order valence-corrected chi connectivity index (χ3v) is 4.04. The number of carbonyl (C=O) groups is 1. The lowest BCUT2D eigenvalue weighted by molar-refractivity contribution is -0.121. The number of rotatable bonds is 4. The molecule has 1 aliphatic rings. The van der Waals surface area contributed by atoms with Gasteiger partial charge in [-0.25, -0.2) is 4.98 Å². The van der Waals surface area contributed by atoms with Gasteiger partial charge in [0.25, 0.3) is 0 Å². The van der Waals surface area contributed by atoms with Gasteiger partial charge in [0.2, 0.25) is 5.91 Å². The molecule has 0 bridgehead atoms. The molecule has 0 aromatic carbocycles. The molecule has 4 N–H and O–H groups in total. The Bertz CT molecular complexity index is 408. The fourth-order valence-corrected chi connectivity index (χ4v) is 3.00. The number of carbonyl (C=O) groups excluding carboxylic acids is 1. The molecular weight excluding hydrogens is 250 g/mol. The monoisotopic (exact) mass is 269 g/mol. The molecule has 1 amide bonds. The Morgan fingerprint density at radius 3 is 3.11 bits per heavy atom. The Balaban J connectivity index is 1.80. The van der Waals surface area contributed by atoms with Crippen LogP contribution >= 0.6 is 11.3 Å². The van der Waals surface area contributed by atoms with E-state index in [4.69, 9.17) is 10.8 Å². The minimum Gasteiger partial charge on any atom is -0.396 e. The lowest BCUT2D eigenvalue weighted by Crippen LogP contribution is -2.39. The van der Waals surface area contributed by atoms with Crippen LogP contribution in [0, 0.1) is 5.92 Å². The highest BCUT2D eigenvalue weighted by Gasteiger charge is 2.22. The van der Waals surface area contributed by atoms with E-state index in [1.807, 2.05) is 5.38 Å². The summed E-state index contributed by atoms with van der Waals surface area (Å²) in [6.45, 7) is 0.217. The van der Waals surface area contributed by atoms with Crippen LogP contribution in [0.4, 0.5) is 5.13 Å². The van der Waals surface area contributed by atoms with Crippen molar-refractivity contribution in [2.24, 2.45) is 5.92 Å². The van der Waals surface area contributed by atoms with Gasteiger partial charge in [-0.3, -0.25) is 4.79 Å². The number of nitrogens with one attached hydrogen (secondary N) is 1. The minimum atomic E-state index is -0.0103. The van der Waals surface area contributed by atoms with E-state index in [0.717, 1.165) is 31.4 Å². The summed E-state index contributed by atoms with van der Waals surface area (Å²) in [7, 11) is 0. The molecular formula is C12H19N3O2S. The Labute approximate surface area is 110 Å². The smallest absolute Gasteiger partial charge is 0.226 e. The van der Waals surface area contributed by atoms with E-state index >= 15 is 0 Å². The molecule has 1 saturated carbocycles. The number of hydrogen-bond acceptors (Lipinski definition) is 5. The first-order chi connectivity index (χ1) is 8.67. The summed E-state index contributed by atoms with van der Waals surface area (Å²) in [5.41, 5.74) is 6.25. The maximum atomic E-state index is 11.8. The molecule has 2 rings (SSSR count). The van der Waals surface area contributed by atoms with Crippen molar-refractivity contribution < 1.29 is 9.90 Å². The van der Waals surface area contributed by atoms with Gasteiger partial charge < -0.3 is 16.2 Å². The van der Waals surface area contributed by atoms with Crippen LogP contribution in [-0.4, -0.2) is 28.6 Å². The van der Waals surface area contributed by atoms with E-state index in [1.54, 1.807) is 0 Å². The molecule has 1 heterocycles. The van der Waals surface area contributed by atoms with Crippen LogP contribution in [0.1, 0.15) is 31.4 Å². The van der Waals surface area contributed by atoms with Crippen LogP contribution in [0.25, 0.3) is 0 Å². The van der Waals surface area contributed by atoms with Crippen molar-refractivity contribution in [1.29, 1.82) is 0 Å². The summed E-state index contributed by atoms with van der Waals surface area (Å²) in [6.07, 6.45) is 4.29. The standard InChI is InChI=1S/C12H19N3O2S/c13-12-15-10(7-18-12)5-11(17)14-9-3-1-2-8(4-9)6-16/h7-9,16H,1-6H2,(H2,13,15)(H,14,17). The Hall–Kier alpha value is -1.14. The highest BCUT2D eigenvalue weighted by atomic mass is 32.1. The van der Waals surface area contributed by atoms with Gasteiger partial charge >= 0.3 is 0 Å². The first-order valence-corrected chi connectivity index (χ1v) is 7.15. The zero-order valence-electron chi connectivity index (χ0n) is 10.3. The average molecular weight is 269 g/mol. The molecule has 1 aromatic heterocycles. The molecule has 1 aromatic rings. The highest BCUT2D eigenvalue weighted by molar-refractivity contribution is 7.13. The van der Waals surface area contributed by atoms with Gasteiger partial charge in [0.1, 0.15) is 0 Å². The number of anilines is 1. The molecule has 18 heavy (non-hydrogen) atoms.